The second-order valence-corrected chi connectivity index (χ2v) is 5.20. The number of hydrogen-bond donors (Lipinski definition) is 2. The third-order valence-corrected chi connectivity index (χ3v) is 3.47. The molecule has 21 heavy (non-hydrogen) atoms. The van der Waals surface area contributed by atoms with E-state index in [1.807, 2.05) is 13.8 Å². The predicted molar refractivity (Wildman–Crippen MR) is 80.6 cm³/mol. The van der Waals surface area contributed by atoms with Crippen molar-refractivity contribution >= 4 is 17.4 Å². The number of hydrogen-bond acceptors (Lipinski definition) is 7. The summed E-state index contributed by atoms with van der Waals surface area (Å²) in [6.45, 7) is 4.35. The van der Waals surface area contributed by atoms with Gasteiger partial charge in [-0.15, -0.1) is 0 Å². The first kappa shape index (κ1) is 15.3. The maximum atomic E-state index is 11.6. The summed E-state index contributed by atoms with van der Waals surface area (Å²) in [6.07, 6.45) is 3.04. The number of rotatable bonds is 6. The summed E-state index contributed by atoms with van der Waals surface area (Å²) in [5, 5.41) is 0.962. The molecule has 0 amide bonds. The molecule has 0 aliphatic heterocycles. The first-order chi connectivity index (χ1) is 10.1. The number of nitrogens with one attached hydrogen (secondary N) is 1. The minimum atomic E-state index is -0.186. The largest absolute Gasteiger partial charge is 0.476 e. The van der Waals surface area contributed by atoms with Crippen molar-refractivity contribution in [3.05, 3.63) is 28.4 Å². The quantitative estimate of drug-likeness (QED) is 0.617. The Hall–Kier alpha value is -2.09. The molecule has 2 heterocycles. The van der Waals surface area contributed by atoms with Gasteiger partial charge in [-0.3, -0.25) is 4.79 Å². The molecule has 0 fully saturated rings. The van der Waals surface area contributed by atoms with Crippen molar-refractivity contribution in [2.75, 3.05) is 12.3 Å². The Morgan fingerprint density at radius 1 is 1.38 bits per heavy atom. The van der Waals surface area contributed by atoms with Crippen LogP contribution in [-0.4, -0.2) is 26.5 Å². The Balaban J connectivity index is 2.29. The fourth-order valence-corrected chi connectivity index (χ4v) is 2.50. The van der Waals surface area contributed by atoms with Crippen LogP contribution in [0.1, 0.15) is 26.0 Å². The van der Waals surface area contributed by atoms with Crippen molar-refractivity contribution in [3.63, 3.8) is 0 Å². The molecule has 2 rings (SSSR count). The van der Waals surface area contributed by atoms with Gasteiger partial charge in [-0.2, -0.15) is 4.98 Å². The third kappa shape index (κ3) is 3.94. The fourth-order valence-electron chi connectivity index (χ4n) is 1.70. The Kier molecular flexibility index (Phi) is 5.15. The van der Waals surface area contributed by atoms with Crippen LogP contribution in [0, 0.1) is 0 Å². The highest BCUT2D eigenvalue weighted by molar-refractivity contribution is 7.99. The van der Waals surface area contributed by atoms with E-state index in [-0.39, 0.29) is 5.56 Å². The first-order valence-corrected chi connectivity index (χ1v) is 7.47. The van der Waals surface area contributed by atoms with E-state index >= 15 is 0 Å². The molecule has 0 atom stereocenters. The molecule has 0 saturated heterocycles. The van der Waals surface area contributed by atoms with E-state index in [0.717, 1.165) is 18.5 Å². The van der Waals surface area contributed by atoms with Crippen molar-refractivity contribution in [3.8, 4) is 5.88 Å². The van der Waals surface area contributed by atoms with Crippen LogP contribution >= 0.6 is 11.8 Å². The van der Waals surface area contributed by atoms with Crippen LogP contribution in [0.4, 0.5) is 5.69 Å². The summed E-state index contributed by atoms with van der Waals surface area (Å²) in [5.74, 6) is 0.335. The van der Waals surface area contributed by atoms with Crippen molar-refractivity contribution in [1.29, 1.82) is 0 Å². The summed E-state index contributed by atoms with van der Waals surface area (Å²) in [7, 11) is 0. The molecule has 2 aromatic rings. The lowest BCUT2D eigenvalue weighted by molar-refractivity contribution is 0.327. The molecule has 0 saturated carbocycles. The molecule has 7 nitrogen and oxygen atoms in total. The van der Waals surface area contributed by atoms with E-state index in [1.165, 1.54) is 24.2 Å². The minimum Gasteiger partial charge on any atom is -0.476 e. The first-order valence-electron chi connectivity index (χ1n) is 6.65. The molecule has 3 N–H and O–H groups in total. The van der Waals surface area contributed by atoms with Crippen LogP contribution in [0.3, 0.4) is 0 Å². The van der Waals surface area contributed by atoms with Crippen LogP contribution in [0.5, 0.6) is 5.88 Å². The van der Waals surface area contributed by atoms with Crippen molar-refractivity contribution in [2.24, 2.45) is 0 Å². The second-order valence-electron chi connectivity index (χ2n) is 4.22. The lowest BCUT2D eigenvalue weighted by Gasteiger charge is -2.08. The summed E-state index contributed by atoms with van der Waals surface area (Å²) in [4.78, 5) is 26.8. The number of nitrogen functional groups attached to an aromatic ring is 1. The normalized spacial score (nSPS) is 10.6. The average Bonchev–Trinajstić information content (AvgIpc) is 2.43. The third-order valence-electron chi connectivity index (χ3n) is 2.56. The number of aromatic nitrogens is 4. The highest BCUT2D eigenvalue weighted by Crippen LogP contribution is 2.31. The van der Waals surface area contributed by atoms with E-state index in [4.69, 9.17) is 10.5 Å². The number of anilines is 1. The van der Waals surface area contributed by atoms with Gasteiger partial charge in [-0.05, 0) is 25.1 Å². The number of nitrogens with zero attached hydrogens (tertiary/aromatic N) is 3. The van der Waals surface area contributed by atoms with Crippen LogP contribution < -0.4 is 16.0 Å². The zero-order valence-corrected chi connectivity index (χ0v) is 12.7. The number of aryl methyl sites for hydroxylation is 1. The van der Waals surface area contributed by atoms with E-state index < -0.39 is 0 Å². The smallest absolute Gasteiger partial charge is 0.251 e. The Labute approximate surface area is 126 Å². The van der Waals surface area contributed by atoms with Gasteiger partial charge < -0.3 is 15.5 Å². The minimum absolute atomic E-state index is 0.186. The van der Waals surface area contributed by atoms with Crippen LogP contribution in [0.25, 0.3) is 0 Å². The zero-order chi connectivity index (χ0) is 15.2. The second kappa shape index (κ2) is 7.07. The fraction of sp³-hybridized carbons (Fsp3) is 0.385. The molecular weight excluding hydrogens is 290 g/mol. The molecule has 0 unspecified atom stereocenters. The van der Waals surface area contributed by atoms with E-state index in [9.17, 15) is 4.79 Å². The highest BCUT2D eigenvalue weighted by atomic mass is 32.2. The molecule has 0 bridgehead atoms. The molecule has 8 heteroatoms. The molecule has 2 aromatic heterocycles. The number of H-pyrrole nitrogens is 1. The van der Waals surface area contributed by atoms with Gasteiger partial charge in [0.25, 0.3) is 5.56 Å². The van der Waals surface area contributed by atoms with Crippen LogP contribution in [0.15, 0.2) is 27.4 Å². The monoisotopic (exact) mass is 307 g/mol. The SMILES string of the molecule is CCCc1cc(=O)[nH]c(Sc2ncnc(OCC)c2N)n1. The number of nitrogens with two attached hydrogens (primary N) is 1. The lowest BCUT2D eigenvalue weighted by Crippen LogP contribution is -2.10. The van der Waals surface area contributed by atoms with Gasteiger partial charge in [0, 0.05) is 11.8 Å². The molecule has 0 spiro atoms. The maximum Gasteiger partial charge on any atom is 0.251 e. The Morgan fingerprint density at radius 3 is 2.90 bits per heavy atom. The lowest BCUT2D eigenvalue weighted by atomic mass is 10.2. The van der Waals surface area contributed by atoms with Crippen molar-refractivity contribution in [2.45, 2.75) is 36.9 Å². The van der Waals surface area contributed by atoms with Gasteiger partial charge in [0.1, 0.15) is 17.0 Å². The molecule has 0 radical (unpaired) electrons. The van der Waals surface area contributed by atoms with E-state index in [2.05, 4.69) is 19.9 Å². The molecule has 0 aliphatic rings. The van der Waals surface area contributed by atoms with E-state index in [0.29, 0.717) is 28.4 Å². The molecule has 0 aromatic carbocycles. The highest BCUT2D eigenvalue weighted by Gasteiger charge is 2.12. The van der Waals surface area contributed by atoms with Crippen molar-refractivity contribution < 1.29 is 4.74 Å². The van der Waals surface area contributed by atoms with Crippen molar-refractivity contribution in [1.82, 2.24) is 19.9 Å². The summed E-state index contributed by atoms with van der Waals surface area (Å²) < 4.78 is 5.32. The standard InChI is InChI=1S/C13H17N5O2S/c1-3-5-8-6-9(19)18-13(17-8)21-12-10(14)11(20-4-2)15-7-16-12/h6-7H,3-5,14H2,1-2H3,(H,17,18,19). The number of ether oxygens (including phenoxy) is 1. The predicted octanol–water partition coefficient (Wildman–Crippen LogP) is 1.64. The van der Waals surface area contributed by atoms with Gasteiger partial charge in [-0.25, -0.2) is 9.97 Å². The zero-order valence-electron chi connectivity index (χ0n) is 11.9. The summed E-state index contributed by atoms with van der Waals surface area (Å²) in [6, 6.07) is 1.50. The topological polar surface area (TPSA) is 107 Å². The van der Waals surface area contributed by atoms with Gasteiger partial charge in [0.05, 0.1) is 6.61 Å². The number of aromatic amines is 1. The maximum absolute atomic E-state index is 11.6. The molecule has 0 aliphatic carbocycles. The Bertz CT molecular complexity index is 674. The Morgan fingerprint density at radius 2 is 2.19 bits per heavy atom. The average molecular weight is 307 g/mol. The molecular formula is C13H17N5O2S. The van der Waals surface area contributed by atoms with Gasteiger partial charge in [0.2, 0.25) is 5.88 Å². The van der Waals surface area contributed by atoms with E-state index in [1.54, 1.807) is 0 Å². The molecule has 112 valence electrons. The van der Waals surface area contributed by atoms with Crippen LogP contribution in [-0.2, 0) is 6.42 Å². The van der Waals surface area contributed by atoms with Gasteiger partial charge >= 0.3 is 0 Å². The van der Waals surface area contributed by atoms with Gasteiger partial charge in [-0.1, -0.05) is 13.3 Å². The summed E-state index contributed by atoms with van der Waals surface area (Å²) in [5.41, 5.74) is 6.87. The van der Waals surface area contributed by atoms with Crippen LogP contribution in [0.2, 0.25) is 0 Å². The van der Waals surface area contributed by atoms with Gasteiger partial charge in [0.15, 0.2) is 5.16 Å². The summed E-state index contributed by atoms with van der Waals surface area (Å²) >= 11 is 1.19.